The molecule has 3 N–H and O–H groups in total. The van der Waals surface area contributed by atoms with Crippen molar-refractivity contribution in [2.45, 2.75) is 13.0 Å². The number of halogens is 2. The van der Waals surface area contributed by atoms with E-state index in [-0.39, 0.29) is 11.7 Å². The van der Waals surface area contributed by atoms with Gasteiger partial charge in [0, 0.05) is 25.9 Å². The van der Waals surface area contributed by atoms with E-state index < -0.39 is 6.61 Å². The van der Waals surface area contributed by atoms with Crippen LogP contribution in [-0.2, 0) is 9.53 Å². The van der Waals surface area contributed by atoms with Gasteiger partial charge in [0.25, 0.3) is 5.91 Å². The van der Waals surface area contributed by atoms with Crippen molar-refractivity contribution >= 4 is 28.9 Å². The van der Waals surface area contributed by atoms with Crippen molar-refractivity contribution in [1.82, 2.24) is 10.2 Å². The molecule has 1 aromatic carbocycles. The molecule has 0 aromatic heterocycles. The fraction of sp³-hybridized carbons (Fsp3) is 0.556. The number of ether oxygens (including phenoxy) is 2. The number of benzene rings is 1. The van der Waals surface area contributed by atoms with Crippen molar-refractivity contribution in [3.8, 4) is 5.75 Å². The van der Waals surface area contributed by atoms with Crippen LogP contribution in [0.2, 0.25) is 0 Å². The van der Waals surface area contributed by atoms with Gasteiger partial charge in [-0.05, 0) is 42.9 Å². The number of hydrogen-bond donors (Lipinski definition) is 3. The molecule has 10 heteroatoms. The van der Waals surface area contributed by atoms with Gasteiger partial charge in [0.2, 0.25) is 0 Å². The van der Waals surface area contributed by atoms with E-state index in [0.717, 1.165) is 32.6 Å². The van der Waals surface area contributed by atoms with Crippen molar-refractivity contribution in [1.29, 1.82) is 0 Å². The Bertz CT molecular complexity index is 626. The van der Waals surface area contributed by atoms with Crippen LogP contribution in [0.4, 0.5) is 14.5 Å². The number of piperazine rings is 1. The van der Waals surface area contributed by atoms with Gasteiger partial charge in [-0.3, -0.25) is 4.79 Å². The lowest BCUT2D eigenvalue weighted by atomic mass is 10.3. The highest BCUT2D eigenvalue weighted by molar-refractivity contribution is 7.80. The highest BCUT2D eigenvalue weighted by Crippen LogP contribution is 2.18. The smallest absolute Gasteiger partial charge is 0.387 e. The van der Waals surface area contributed by atoms with Crippen molar-refractivity contribution in [2.75, 3.05) is 58.3 Å². The Morgan fingerprint density at radius 1 is 1.29 bits per heavy atom. The van der Waals surface area contributed by atoms with Crippen LogP contribution in [0, 0.1) is 0 Å². The number of alkyl halides is 2. The number of anilines is 1. The number of carbonyl (C=O) groups excluding carboxylic acids is 1. The van der Waals surface area contributed by atoms with E-state index in [4.69, 9.17) is 17.0 Å². The minimum atomic E-state index is -2.84. The molecule has 1 fully saturated rings. The molecule has 0 radical (unpaired) electrons. The molecule has 0 atom stereocenters. The average Bonchev–Trinajstić information content (AvgIpc) is 2.67. The van der Waals surface area contributed by atoms with Crippen molar-refractivity contribution in [3.63, 3.8) is 0 Å². The van der Waals surface area contributed by atoms with Crippen molar-refractivity contribution in [3.05, 3.63) is 24.3 Å². The molecular formula is C18H27F2N4O3S+. The number of nitrogens with one attached hydrogen (secondary N) is 3. The third-order valence-corrected chi connectivity index (χ3v) is 4.71. The van der Waals surface area contributed by atoms with Crippen LogP contribution in [-0.4, -0.2) is 75.5 Å². The number of nitrogens with zero attached hydrogens (tertiary/aromatic N) is 1. The van der Waals surface area contributed by atoms with E-state index in [0.29, 0.717) is 30.5 Å². The summed E-state index contributed by atoms with van der Waals surface area (Å²) in [5.41, 5.74) is 0.705. The topological polar surface area (TPSA) is 67.3 Å². The minimum absolute atomic E-state index is 0.0476. The lowest BCUT2D eigenvalue weighted by molar-refractivity contribution is -0.895. The first kappa shape index (κ1) is 22.3. The first-order chi connectivity index (χ1) is 13.5. The zero-order valence-corrected chi connectivity index (χ0v) is 16.7. The molecule has 156 valence electrons. The Kier molecular flexibility index (Phi) is 9.32. The Morgan fingerprint density at radius 3 is 2.57 bits per heavy atom. The monoisotopic (exact) mass is 417 g/mol. The highest BCUT2D eigenvalue weighted by Gasteiger charge is 2.23. The quantitative estimate of drug-likeness (QED) is 0.398. The third-order valence-electron chi connectivity index (χ3n) is 4.35. The fourth-order valence-corrected chi connectivity index (χ4v) is 3.16. The molecule has 1 heterocycles. The molecule has 28 heavy (non-hydrogen) atoms. The Labute approximate surface area is 169 Å². The molecular weight excluding hydrogens is 390 g/mol. The first-order valence-electron chi connectivity index (χ1n) is 9.18. The first-order valence-corrected chi connectivity index (χ1v) is 9.58. The highest BCUT2D eigenvalue weighted by atomic mass is 32.1. The molecule has 1 aliphatic rings. The van der Waals surface area contributed by atoms with Gasteiger partial charge in [-0.15, -0.1) is 0 Å². The Morgan fingerprint density at radius 2 is 1.96 bits per heavy atom. The second kappa shape index (κ2) is 11.7. The molecule has 0 bridgehead atoms. The van der Waals surface area contributed by atoms with E-state index in [2.05, 4.69) is 15.4 Å². The standard InChI is InChI=1S/C18H26F2N4O3S/c1-26-12-2-7-21-16(25)13-23-8-10-24(11-9-23)18(28)22-14-3-5-15(6-4-14)27-17(19)20/h3-6,17H,2,7-13H2,1H3,(H,21,25)(H,22,28)/p+1. The maximum atomic E-state index is 12.2. The largest absolute Gasteiger partial charge is 0.435 e. The molecule has 0 aliphatic carbocycles. The van der Waals surface area contributed by atoms with Gasteiger partial charge in [-0.2, -0.15) is 8.78 Å². The summed E-state index contributed by atoms with van der Waals surface area (Å²) in [6.45, 7) is 1.98. The summed E-state index contributed by atoms with van der Waals surface area (Å²) in [5.74, 6) is 0.149. The van der Waals surface area contributed by atoms with Gasteiger partial charge in [0.1, 0.15) is 5.75 Å². The SMILES string of the molecule is COCCCNC(=O)C[NH+]1CCN(C(=S)Nc2ccc(OC(F)F)cc2)CC1. The van der Waals surface area contributed by atoms with Gasteiger partial charge >= 0.3 is 6.61 Å². The zero-order chi connectivity index (χ0) is 20.4. The van der Waals surface area contributed by atoms with Gasteiger partial charge in [0.15, 0.2) is 11.7 Å². The summed E-state index contributed by atoms with van der Waals surface area (Å²) in [4.78, 5) is 15.2. The molecule has 1 saturated heterocycles. The number of quaternary nitrogens is 1. The normalized spacial score (nSPS) is 14.8. The zero-order valence-electron chi connectivity index (χ0n) is 15.9. The predicted molar refractivity (Wildman–Crippen MR) is 106 cm³/mol. The van der Waals surface area contributed by atoms with Gasteiger partial charge in [-0.1, -0.05) is 0 Å². The van der Waals surface area contributed by atoms with Crippen LogP contribution in [0.15, 0.2) is 24.3 Å². The van der Waals surface area contributed by atoms with E-state index in [1.165, 1.54) is 17.0 Å². The molecule has 0 unspecified atom stereocenters. The van der Waals surface area contributed by atoms with E-state index in [1.54, 1.807) is 19.2 Å². The van der Waals surface area contributed by atoms with Crippen LogP contribution in [0.3, 0.4) is 0 Å². The number of carbonyl (C=O) groups is 1. The molecule has 7 nitrogen and oxygen atoms in total. The molecule has 0 spiro atoms. The summed E-state index contributed by atoms with van der Waals surface area (Å²) < 4.78 is 33.6. The van der Waals surface area contributed by atoms with Crippen molar-refractivity contribution in [2.24, 2.45) is 0 Å². The minimum Gasteiger partial charge on any atom is -0.435 e. The molecule has 1 aromatic rings. The fourth-order valence-electron chi connectivity index (χ4n) is 2.86. The Balaban J connectivity index is 1.69. The third kappa shape index (κ3) is 7.91. The summed E-state index contributed by atoms with van der Waals surface area (Å²) >= 11 is 5.43. The van der Waals surface area contributed by atoms with Gasteiger partial charge in [-0.25, -0.2) is 0 Å². The Hall–Kier alpha value is -2.04. The lowest BCUT2D eigenvalue weighted by Crippen LogP contribution is -3.15. The van der Waals surface area contributed by atoms with Crippen molar-refractivity contribution < 1.29 is 27.9 Å². The summed E-state index contributed by atoms with van der Waals surface area (Å²) in [6.07, 6.45) is 0.806. The lowest BCUT2D eigenvalue weighted by Gasteiger charge is -2.33. The van der Waals surface area contributed by atoms with E-state index in [1.807, 2.05) is 4.90 Å². The van der Waals surface area contributed by atoms with Crippen LogP contribution < -0.4 is 20.3 Å². The number of hydrogen-bond acceptors (Lipinski definition) is 4. The number of amides is 1. The molecule has 1 amide bonds. The summed E-state index contributed by atoms with van der Waals surface area (Å²) in [5, 5.41) is 6.58. The number of rotatable bonds is 9. The maximum absolute atomic E-state index is 12.2. The maximum Gasteiger partial charge on any atom is 0.387 e. The van der Waals surface area contributed by atoms with Gasteiger partial charge in [0.05, 0.1) is 26.2 Å². The molecule has 1 aliphatic heterocycles. The number of thiocarbonyl (C=S) groups is 1. The van der Waals surface area contributed by atoms with Crippen LogP contribution in [0.25, 0.3) is 0 Å². The van der Waals surface area contributed by atoms with Crippen LogP contribution in [0.5, 0.6) is 5.75 Å². The molecule has 0 saturated carbocycles. The predicted octanol–water partition coefficient (Wildman–Crippen LogP) is 0.338. The summed E-state index contributed by atoms with van der Waals surface area (Å²) in [7, 11) is 1.64. The van der Waals surface area contributed by atoms with Crippen LogP contribution >= 0.6 is 12.2 Å². The average molecular weight is 418 g/mol. The second-order valence-electron chi connectivity index (χ2n) is 6.44. The second-order valence-corrected chi connectivity index (χ2v) is 6.83. The van der Waals surface area contributed by atoms with Crippen LogP contribution in [0.1, 0.15) is 6.42 Å². The molecule has 2 rings (SSSR count). The van der Waals surface area contributed by atoms with E-state index >= 15 is 0 Å². The number of methoxy groups -OCH3 is 1. The van der Waals surface area contributed by atoms with E-state index in [9.17, 15) is 13.6 Å². The van der Waals surface area contributed by atoms with Gasteiger partial charge < -0.3 is 29.9 Å². The summed E-state index contributed by atoms with van der Waals surface area (Å²) in [6, 6.07) is 6.20.